The van der Waals surface area contributed by atoms with Crippen molar-refractivity contribution in [3.63, 3.8) is 0 Å². The fourth-order valence-electron chi connectivity index (χ4n) is 2.97. The minimum atomic E-state index is 0.170. The Labute approximate surface area is 119 Å². The third kappa shape index (κ3) is 2.41. The van der Waals surface area contributed by atoms with Crippen LogP contribution in [0.5, 0.6) is 0 Å². The van der Waals surface area contributed by atoms with Crippen molar-refractivity contribution in [2.45, 2.75) is 25.4 Å². The molecule has 1 aliphatic rings. The van der Waals surface area contributed by atoms with E-state index in [-0.39, 0.29) is 6.10 Å². The first-order valence-electron chi connectivity index (χ1n) is 6.75. The van der Waals surface area contributed by atoms with E-state index in [1.807, 2.05) is 13.0 Å². The zero-order valence-electron chi connectivity index (χ0n) is 11.0. The lowest BCUT2D eigenvalue weighted by Gasteiger charge is -2.12. The first kappa shape index (κ1) is 12.7. The molecule has 19 heavy (non-hydrogen) atoms. The van der Waals surface area contributed by atoms with Gasteiger partial charge in [-0.2, -0.15) is 0 Å². The molecular weight excluding hydrogens is 256 g/mol. The van der Waals surface area contributed by atoms with E-state index in [2.05, 4.69) is 42.5 Å². The van der Waals surface area contributed by atoms with Crippen LogP contribution in [-0.2, 0) is 4.74 Å². The Bertz CT molecular complexity index is 565. The van der Waals surface area contributed by atoms with Gasteiger partial charge in [0.05, 0.1) is 6.10 Å². The van der Waals surface area contributed by atoms with E-state index in [4.69, 9.17) is 16.3 Å². The van der Waals surface area contributed by atoms with E-state index >= 15 is 0 Å². The van der Waals surface area contributed by atoms with Crippen LogP contribution in [0.25, 0.3) is 0 Å². The highest BCUT2D eigenvalue weighted by Crippen LogP contribution is 2.46. The second-order valence-electron chi connectivity index (χ2n) is 4.92. The van der Waals surface area contributed by atoms with Crippen LogP contribution in [0.2, 0.25) is 5.02 Å². The summed E-state index contributed by atoms with van der Waals surface area (Å²) in [5, 5.41) is 0.789. The summed E-state index contributed by atoms with van der Waals surface area (Å²) < 4.78 is 5.88. The maximum atomic E-state index is 6.13. The normalized spacial score (nSPS) is 21.4. The summed E-state index contributed by atoms with van der Waals surface area (Å²) in [6.45, 7) is 2.78. The molecule has 2 aromatic rings. The van der Waals surface area contributed by atoms with E-state index in [1.54, 1.807) is 0 Å². The largest absolute Gasteiger partial charge is 0.374 e. The molecule has 1 aliphatic carbocycles. The Kier molecular flexibility index (Phi) is 3.58. The molecule has 0 spiro atoms. The first-order valence-corrected chi connectivity index (χ1v) is 7.13. The fraction of sp³-hybridized carbons (Fsp3) is 0.294. The molecule has 0 aromatic heterocycles. The van der Waals surface area contributed by atoms with Gasteiger partial charge >= 0.3 is 0 Å². The van der Waals surface area contributed by atoms with Crippen LogP contribution in [-0.4, -0.2) is 6.61 Å². The summed E-state index contributed by atoms with van der Waals surface area (Å²) in [7, 11) is 0. The zero-order valence-corrected chi connectivity index (χ0v) is 11.7. The number of benzene rings is 2. The number of rotatable bonds is 3. The predicted octanol–water partition coefficient (Wildman–Crippen LogP) is 4.95. The van der Waals surface area contributed by atoms with Crippen molar-refractivity contribution in [1.82, 2.24) is 0 Å². The molecule has 0 N–H and O–H groups in total. The molecule has 0 amide bonds. The monoisotopic (exact) mass is 272 g/mol. The van der Waals surface area contributed by atoms with Crippen LogP contribution in [0.1, 0.15) is 42.1 Å². The number of ether oxygens (including phenoxy) is 1. The molecule has 2 heteroatoms. The second kappa shape index (κ2) is 5.36. The number of halogens is 1. The molecule has 0 saturated heterocycles. The second-order valence-corrected chi connectivity index (χ2v) is 5.35. The quantitative estimate of drug-likeness (QED) is 0.768. The summed E-state index contributed by atoms with van der Waals surface area (Å²) in [6, 6.07) is 16.8. The Morgan fingerprint density at radius 2 is 1.89 bits per heavy atom. The minimum absolute atomic E-state index is 0.170. The smallest absolute Gasteiger partial charge is 0.0837 e. The van der Waals surface area contributed by atoms with E-state index < -0.39 is 0 Å². The number of fused-ring (bicyclic) bond motifs is 1. The molecule has 0 saturated carbocycles. The summed E-state index contributed by atoms with van der Waals surface area (Å²) >= 11 is 6.13. The standard InChI is InChI=1S/C17H17ClO/c1-2-19-17-11-15(12-6-4-3-5-7-12)14-9-8-13(18)10-16(14)17/h3-10,15,17H,2,11H2,1H3/t15-,17?/m0/s1. The van der Waals surface area contributed by atoms with Gasteiger partial charge in [-0.15, -0.1) is 0 Å². The lowest BCUT2D eigenvalue weighted by atomic mass is 9.93. The van der Waals surface area contributed by atoms with Crippen LogP contribution in [0, 0.1) is 0 Å². The lowest BCUT2D eigenvalue weighted by molar-refractivity contribution is 0.0620. The van der Waals surface area contributed by atoms with Crippen molar-refractivity contribution in [1.29, 1.82) is 0 Å². The topological polar surface area (TPSA) is 9.23 Å². The van der Waals surface area contributed by atoms with Gasteiger partial charge in [0.2, 0.25) is 0 Å². The predicted molar refractivity (Wildman–Crippen MR) is 78.7 cm³/mol. The summed E-state index contributed by atoms with van der Waals surface area (Å²) in [6.07, 6.45) is 1.18. The van der Waals surface area contributed by atoms with Gasteiger partial charge in [0.1, 0.15) is 0 Å². The van der Waals surface area contributed by atoms with Gasteiger partial charge < -0.3 is 4.74 Å². The van der Waals surface area contributed by atoms with Gasteiger partial charge in [0, 0.05) is 17.5 Å². The third-order valence-corrected chi connectivity index (χ3v) is 4.03. The fourth-order valence-corrected chi connectivity index (χ4v) is 3.15. The van der Waals surface area contributed by atoms with Crippen LogP contribution < -0.4 is 0 Å². The molecule has 2 atom stereocenters. The van der Waals surface area contributed by atoms with Gasteiger partial charge in [0.25, 0.3) is 0 Å². The first-order chi connectivity index (χ1) is 9.29. The van der Waals surface area contributed by atoms with Gasteiger partial charge in [-0.3, -0.25) is 0 Å². The average Bonchev–Trinajstić information content (AvgIpc) is 2.79. The molecule has 0 aliphatic heterocycles. The Morgan fingerprint density at radius 1 is 1.11 bits per heavy atom. The molecule has 1 nitrogen and oxygen atoms in total. The highest BCUT2D eigenvalue weighted by atomic mass is 35.5. The van der Waals surface area contributed by atoms with Gasteiger partial charge in [-0.05, 0) is 42.2 Å². The van der Waals surface area contributed by atoms with Crippen LogP contribution >= 0.6 is 11.6 Å². The van der Waals surface area contributed by atoms with Crippen LogP contribution in [0.15, 0.2) is 48.5 Å². The maximum Gasteiger partial charge on any atom is 0.0837 e. The molecule has 0 radical (unpaired) electrons. The molecule has 3 rings (SSSR count). The maximum absolute atomic E-state index is 6.13. The molecule has 2 aromatic carbocycles. The molecular formula is C17H17ClO. The number of hydrogen-bond acceptors (Lipinski definition) is 1. The molecule has 1 unspecified atom stereocenters. The van der Waals surface area contributed by atoms with Crippen molar-refractivity contribution in [2.24, 2.45) is 0 Å². The zero-order chi connectivity index (χ0) is 13.2. The van der Waals surface area contributed by atoms with Crippen LogP contribution in [0.3, 0.4) is 0 Å². The van der Waals surface area contributed by atoms with Crippen LogP contribution in [0.4, 0.5) is 0 Å². The van der Waals surface area contributed by atoms with E-state index in [9.17, 15) is 0 Å². The van der Waals surface area contributed by atoms with Crippen molar-refractivity contribution in [3.8, 4) is 0 Å². The van der Waals surface area contributed by atoms with Gasteiger partial charge in [0.15, 0.2) is 0 Å². The SMILES string of the molecule is CCOC1C[C@@H](c2ccccc2)c2ccc(Cl)cc21. The summed E-state index contributed by atoms with van der Waals surface area (Å²) in [5.74, 6) is 0.421. The van der Waals surface area contributed by atoms with Crippen molar-refractivity contribution >= 4 is 11.6 Å². The van der Waals surface area contributed by atoms with Gasteiger partial charge in [-0.1, -0.05) is 48.0 Å². The molecule has 98 valence electrons. The summed E-state index contributed by atoms with van der Waals surface area (Å²) in [5.41, 5.74) is 3.96. The van der Waals surface area contributed by atoms with Gasteiger partial charge in [-0.25, -0.2) is 0 Å². The van der Waals surface area contributed by atoms with Crippen molar-refractivity contribution < 1.29 is 4.74 Å². The lowest BCUT2D eigenvalue weighted by Crippen LogP contribution is -2.00. The Hall–Kier alpha value is -1.31. The van der Waals surface area contributed by atoms with Crippen molar-refractivity contribution in [3.05, 3.63) is 70.2 Å². The minimum Gasteiger partial charge on any atom is -0.374 e. The highest BCUT2D eigenvalue weighted by molar-refractivity contribution is 6.30. The Balaban J connectivity index is 2.02. The van der Waals surface area contributed by atoms with E-state index in [1.165, 1.54) is 16.7 Å². The molecule has 0 fully saturated rings. The average molecular weight is 273 g/mol. The Morgan fingerprint density at radius 3 is 2.63 bits per heavy atom. The summed E-state index contributed by atoms with van der Waals surface area (Å²) in [4.78, 5) is 0. The van der Waals surface area contributed by atoms with E-state index in [0.29, 0.717) is 5.92 Å². The van der Waals surface area contributed by atoms with Crippen molar-refractivity contribution in [2.75, 3.05) is 6.61 Å². The third-order valence-electron chi connectivity index (χ3n) is 3.79. The van der Waals surface area contributed by atoms with E-state index in [0.717, 1.165) is 18.1 Å². The molecule has 0 bridgehead atoms. The molecule has 0 heterocycles. The number of hydrogen-bond donors (Lipinski definition) is 0. The highest BCUT2D eigenvalue weighted by Gasteiger charge is 2.32.